The number of hydrogen-bond donors (Lipinski definition) is 1. The van der Waals surface area contributed by atoms with Gasteiger partial charge < -0.3 is 4.98 Å². The molecule has 0 aliphatic rings. The van der Waals surface area contributed by atoms with Gasteiger partial charge in [-0.2, -0.15) is 5.26 Å². The van der Waals surface area contributed by atoms with Crippen LogP contribution in [0.4, 0.5) is 0 Å². The quantitative estimate of drug-likeness (QED) is 0.687. The molecule has 3 rings (SSSR count). The van der Waals surface area contributed by atoms with Gasteiger partial charge in [0.2, 0.25) is 0 Å². The average Bonchev–Trinajstić information content (AvgIpc) is 2.91. The topological polar surface area (TPSA) is 57.4 Å². The summed E-state index contributed by atoms with van der Waals surface area (Å²) < 4.78 is 1.89. The van der Waals surface area contributed by atoms with Crippen molar-refractivity contribution in [2.45, 2.75) is 6.92 Å². The zero-order chi connectivity index (χ0) is 11.8. The maximum absolute atomic E-state index is 9.29. The Balaban J connectivity index is 2.38. The molecule has 0 fully saturated rings. The zero-order valence-corrected chi connectivity index (χ0v) is 9.31. The van der Waals surface area contributed by atoms with Gasteiger partial charge in [-0.1, -0.05) is 18.2 Å². The number of benzene rings is 1. The molecule has 0 saturated carbocycles. The van der Waals surface area contributed by atoms with Crippen LogP contribution >= 0.6 is 0 Å². The van der Waals surface area contributed by atoms with Crippen molar-refractivity contribution < 1.29 is 0 Å². The number of H-pyrrole nitrogens is 1. The number of aromatic amines is 1. The predicted octanol–water partition coefficient (Wildman–Crippen LogP) is 2.53. The third-order valence-electron chi connectivity index (χ3n) is 2.86. The maximum Gasteiger partial charge on any atom is 0.134 e. The lowest BCUT2D eigenvalue weighted by molar-refractivity contribution is 0.967. The molecule has 0 bridgehead atoms. The van der Waals surface area contributed by atoms with Gasteiger partial charge in [-0.25, -0.2) is 4.98 Å². The van der Waals surface area contributed by atoms with Gasteiger partial charge in [-0.15, -0.1) is 0 Å². The molecule has 0 aliphatic heterocycles. The summed E-state index contributed by atoms with van der Waals surface area (Å²) in [5, 5.41) is 10.2. The van der Waals surface area contributed by atoms with Gasteiger partial charge in [-0.3, -0.25) is 4.57 Å². The van der Waals surface area contributed by atoms with Crippen molar-refractivity contribution in [3.8, 4) is 11.9 Å². The summed E-state index contributed by atoms with van der Waals surface area (Å²) in [6, 6.07) is 10.0. The highest BCUT2D eigenvalue weighted by Gasteiger charge is 2.13. The van der Waals surface area contributed by atoms with Crippen LogP contribution in [0.5, 0.6) is 0 Å². The van der Waals surface area contributed by atoms with Crippen LogP contribution in [0, 0.1) is 18.3 Å². The largest absolute Gasteiger partial charge is 0.340 e. The van der Waals surface area contributed by atoms with Crippen molar-refractivity contribution in [2.75, 3.05) is 0 Å². The van der Waals surface area contributed by atoms with E-state index in [2.05, 4.69) is 16.0 Å². The van der Waals surface area contributed by atoms with Crippen LogP contribution in [0.15, 0.2) is 36.8 Å². The van der Waals surface area contributed by atoms with Crippen molar-refractivity contribution >= 4 is 10.9 Å². The van der Waals surface area contributed by atoms with E-state index in [1.807, 2.05) is 35.8 Å². The van der Waals surface area contributed by atoms with Gasteiger partial charge in [0.15, 0.2) is 0 Å². The first kappa shape index (κ1) is 9.67. The minimum absolute atomic E-state index is 0.654. The van der Waals surface area contributed by atoms with Gasteiger partial charge in [-0.05, 0) is 13.0 Å². The molecule has 0 aliphatic carbocycles. The van der Waals surface area contributed by atoms with E-state index in [0.717, 1.165) is 22.4 Å². The smallest absolute Gasteiger partial charge is 0.134 e. The van der Waals surface area contributed by atoms with Crippen LogP contribution in [0.2, 0.25) is 0 Å². The molecule has 0 saturated heterocycles. The van der Waals surface area contributed by atoms with E-state index >= 15 is 0 Å². The van der Waals surface area contributed by atoms with Crippen molar-refractivity contribution in [3.05, 3.63) is 48.0 Å². The minimum Gasteiger partial charge on any atom is -0.340 e. The molecule has 0 amide bonds. The summed E-state index contributed by atoms with van der Waals surface area (Å²) in [6.07, 6.45) is 3.48. The van der Waals surface area contributed by atoms with Crippen LogP contribution in [-0.4, -0.2) is 14.5 Å². The lowest BCUT2D eigenvalue weighted by Crippen LogP contribution is -1.96. The van der Waals surface area contributed by atoms with Crippen LogP contribution in [0.25, 0.3) is 16.7 Å². The second-order valence-corrected chi connectivity index (χ2v) is 3.91. The number of imidazole rings is 1. The molecule has 1 aromatic carbocycles. The number of fused-ring (bicyclic) bond motifs is 1. The third-order valence-corrected chi connectivity index (χ3v) is 2.86. The van der Waals surface area contributed by atoms with Gasteiger partial charge >= 0.3 is 0 Å². The fourth-order valence-electron chi connectivity index (χ4n) is 2.02. The van der Waals surface area contributed by atoms with Crippen LogP contribution in [0.3, 0.4) is 0 Å². The standard InChI is InChI=1S/C13H10N4/c1-9-7-15-8-17(9)13-11(6-14)10-4-2-3-5-12(10)16-13/h2-5,7-8,16H,1H3. The Bertz CT molecular complexity index is 727. The second kappa shape index (κ2) is 3.49. The molecule has 0 spiro atoms. The highest BCUT2D eigenvalue weighted by Crippen LogP contribution is 2.24. The van der Waals surface area contributed by atoms with E-state index in [9.17, 15) is 5.26 Å². The van der Waals surface area contributed by atoms with Crippen molar-refractivity contribution in [2.24, 2.45) is 0 Å². The minimum atomic E-state index is 0.654. The molecule has 2 heterocycles. The number of nitriles is 1. The van der Waals surface area contributed by atoms with Crippen LogP contribution in [0.1, 0.15) is 11.3 Å². The number of aryl methyl sites for hydroxylation is 1. The molecule has 0 unspecified atom stereocenters. The molecule has 0 atom stereocenters. The molecule has 3 aromatic rings. The van der Waals surface area contributed by atoms with Crippen molar-refractivity contribution in [1.82, 2.24) is 14.5 Å². The Morgan fingerprint density at radius 2 is 2.18 bits per heavy atom. The second-order valence-electron chi connectivity index (χ2n) is 3.91. The van der Waals surface area contributed by atoms with Crippen LogP contribution < -0.4 is 0 Å². The third kappa shape index (κ3) is 1.33. The van der Waals surface area contributed by atoms with E-state index in [1.165, 1.54) is 0 Å². The Labute approximate surface area is 98.1 Å². The average molecular weight is 222 g/mol. The number of hydrogen-bond acceptors (Lipinski definition) is 2. The van der Waals surface area contributed by atoms with E-state index in [4.69, 9.17) is 0 Å². The normalized spacial score (nSPS) is 10.6. The summed E-state index contributed by atoms with van der Waals surface area (Å²) in [5.41, 5.74) is 2.61. The number of rotatable bonds is 1. The predicted molar refractivity (Wildman–Crippen MR) is 64.9 cm³/mol. The van der Waals surface area contributed by atoms with E-state index in [1.54, 1.807) is 12.5 Å². The molecule has 4 nitrogen and oxygen atoms in total. The Kier molecular flexibility index (Phi) is 1.99. The zero-order valence-electron chi connectivity index (χ0n) is 9.31. The van der Waals surface area contributed by atoms with E-state index in [-0.39, 0.29) is 0 Å². The molecule has 1 N–H and O–H groups in total. The highest BCUT2D eigenvalue weighted by molar-refractivity contribution is 5.89. The molecule has 82 valence electrons. The SMILES string of the molecule is Cc1cncn1-c1[nH]c2ccccc2c1C#N. The Hall–Kier alpha value is -2.54. The molecule has 4 heteroatoms. The molecule has 0 radical (unpaired) electrons. The highest BCUT2D eigenvalue weighted by atomic mass is 15.1. The first-order chi connectivity index (χ1) is 8.31. The van der Waals surface area contributed by atoms with Gasteiger partial charge in [0.05, 0.1) is 0 Å². The lowest BCUT2D eigenvalue weighted by Gasteiger charge is -2.01. The van der Waals surface area contributed by atoms with Gasteiger partial charge in [0, 0.05) is 22.8 Å². The van der Waals surface area contributed by atoms with Gasteiger partial charge in [0.25, 0.3) is 0 Å². The molecule has 2 aromatic heterocycles. The number of nitrogens with zero attached hydrogens (tertiary/aromatic N) is 3. The first-order valence-electron chi connectivity index (χ1n) is 5.31. The first-order valence-corrected chi connectivity index (χ1v) is 5.31. The Morgan fingerprint density at radius 3 is 2.88 bits per heavy atom. The summed E-state index contributed by atoms with van der Waals surface area (Å²) in [7, 11) is 0. The summed E-state index contributed by atoms with van der Waals surface area (Å²) in [5.74, 6) is 0.781. The fraction of sp³-hybridized carbons (Fsp3) is 0.0769. The fourth-order valence-corrected chi connectivity index (χ4v) is 2.02. The maximum atomic E-state index is 9.29. The van der Waals surface area contributed by atoms with Gasteiger partial charge in [0.1, 0.15) is 23.8 Å². The van der Waals surface area contributed by atoms with Crippen LogP contribution in [-0.2, 0) is 0 Å². The Morgan fingerprint density at radius 1 is 1.35 bits per heavy atom. The summed E-state index contributed by atoms with van der Waals surface area (Å²) >= 11 is 0. The number of para-hydroxylation sites is 1. The monoisotopic (exact) mass is 222 g/mol. The van der Waals surface area contributed by atoms with E-state index < -0.39 is 0 Å². The molecular weight excluding hydrogens is 212 g/mol. The summed E-state index contributed by atoms with van der Waals surface area (Å²) in [6.45, 7) is 1.96. The van der Waals surface area contributed by atoms with Crippen molar-refractivity contribution in [3.63, 3.8) is 0 Å². The molecular formula is C13H10N4. The molecule has 17 heavy (non-hydrogen) atoms. The lowest BCUT2D eigenvalue weighted by atomic mass is 10.2. The van der Waals surface area contributed by atoms with E-state index in [0.29, 0.717) is 5.56 Å². The number of nitrogens with one attached hydrogen (secondary N) is 1. The summed E-state index contributed by atoms with van der Waals surface area (Å²) in [4.78, 5) is 7.34. The number of aromatic nitrogens is 3. The van der Waals surface area contributed by atoms with Crippen molar-refractivity contribution in [1.29, 1.82) is 5.26 Å².